The summed E-state index contributed by atoms with van der Waals surface area (Å²) >= 11 is 0. The van der Waals surface area contributed by atoms with E-state index in [2.05, 4.69) is 4.42 Å². The monoisotopic (exact) mass is 161 g/mol. The van der Waals surface area contributed by atoms with Crippen molar-refractivity contribution in [2.24, 2.45) is 0 Å². The van der Waals surface area contributed by atoms with E-state index >= 15 is 0 Å². The van der Waals surface area contributed by atoms with E-state index in [0.717, 1.165) is 0 Å². The van der Waals surface area contributed by atoms with E-state index in [1.165, 1.54) is 18.4 Å². The van der Waals surface area contributed by atoms with E-state index in [9.17, 15) is 4.57 Å². The molecule has 2 N–H and O–H groups in total. The predicted octanol–water partition coefficient (Wildman–Crippen LogP) is 0.364. The third-order valence-corrected chi connectivity index (χ3v) is 1.73. The summed E-state index contributed by atoms with van der Waals surface area (Å²) in [5.41, 5.74) is -0.310. The lowest BCUT2D eigenvalue weighted by molar-refractivity contribution is 0.375. The van der Waals surface area contributed by atoms with Gasteiger partial charge >= 0.3 is 19.4 Å². The third-order valence-electron chi connectivity index (χ3n) is 0.904. The minimum absolute atomic E-state index is 0.310. The summed E-state index contributed by atoms with van der Waals surface area (Å²) in [5.74, 6) is 0. The van der Waals surface area contributed by atoms with Gasteiger partial charge in [0.1, 0.15) is 0 Å². The van der Waals surface area contributed by atoms with Crippen LogP contribution >= 0.6 is 7.60 Å². The van der Waals surface area contributed by atoms with Crippen molar-refractivity contribution in [1.82, 2.24) is 0 Å². The Bertz CT molecular complexity index is 252. The molecule has 0 saturated carbocycles. The molecule has 1 rings (SSSR count). The van der Waals surface area contributed by atoms with Crippen LogP contribution in [-0.4, -0.2) is 9.79 Å². The zero-order valence-electron chi connectivity index (χ0n) is 4.97. The Kier molecular flexibility index (Phi) is 1.85. The van der Waals surface area contributed by atoms with Crippen LogP contribution in [0.1, 0.15) is 0 Å². The molecule has 0 amide bonds. The van der Waals surface area contributed by atoms with Crippen molar-refractivity contribution in [1.29, 1.82) is 0 Å². The van der Waals surface area contributed by atoms with Crippen LogP contribution in [0.15, 0.2) is 28.9 Å². The van der Waals surface area contributed by atoms with Gasteiger partial charge in [0.25, 0.3) is 0 Å². The average Bonchev–Trinajstić information content (AvgIpc) is 1.88. The second kappa shape index (κ2) is 2.50. The van der Waals surface area contributed by atoms with Gasteiger partial charge in [-0.25, -0.2) is 8.98 Å². The maximum absolute atomic E-state index is 10.4. The minimum atomic E-state index is -4.18. The van der Waals surface area contributed by atoms with Gasteiger partial charge in [0.15, 0.2) is 0 Å². The summed E-state index contributed by atoms with van der Waals surface area (Å²) in [6, 6.07) is 4.28. The predicted molar refractivity (Wildman–Crippen MR) is 34.8 cm³/mol. The van der Waals surface area contributed by atoms with Gasteiger partial charge in [0, 0.05) is 6.07 Å². The SMILES string of the molecule is O=P(O)(O)c1cccc[o+]1. The molecular formula is C5H6O4P+. The Morgan fingerprint density at radius 1 is 1.40 bits per heavy atom. The van der Waals surface area contributed by atoms with E-state index in [4.69, 9.17) is 9.79 Å². The van der Waals surface area contributed by atoms with Crippen LogP contribution in [0.2, 0.25) is 0 Å². The first-order valence-electron chi connectivity index (χ1n) is 2.53. The van der Waals surface area contributed by atoms with Gasteiger partial charge in [-0.15, -0.1) is 0 Å². The fourth-order valence-electron chi connectivity index (χ4n) is 0.497. The molecule has 0 saturated heterocycles. The van der Waals surface area contributed by atoms with E-state index in [1.807, 2.05) is 0 Å². The first-order valence-corrected chi connectivity index (χ1v) is 4.15. The molecule has 10 heavy (non-hydrogen) atoms. The van der Waals surface area contributed by atoms with Crippen LogP contribution < -0.4 is 5.50 Å². The Labute approximate surface area is 57.3 Å². The van der Waals surface area contributed by atoms with Crippen LogP contribution in [0.3, 0.4) is 0 Å². The molecule has 0 bridgehead atoms. The molecule has 0 unspecified atom stereocenters. The molecule has 0 fully saturated rings. The highest BCUT2D eigenvalue weighted by Gasteiger charge is 2.29. The van der Waals surface area contributed by atoms with Gasteiger partial charge in [0.05, 0.1) is 6.07 Å². The summed E-state index contributed by atoms with van der Waals surface area (Å²) in [4.78, 5) is 17.0. The molecule has 54 valence electrons. The zero-order chi connectivity index (χ0) is 7.61. The molecule has 0 spiro atoms. The second-order valence-corrected chi connectivity index (χ2v) is 3.22. The zero-order valence-corrected chi connectivity index (χ0v) is 5.86. The highest BCUT2D eigenvalue weighted by Crippen LogP contribution is 2.32. The van der Waals surface area contributed by atoms with Crippen LogP contribution in [0.5, 0.6) is 0 Å². The Hall–Kier alpha value is -0.700. The van der Waals surface area contributed by atoms with E-state index in [0.29, 0.717) is 0 Å². The first-order chi connectivity index (χ1) is 4.61. The van der Waals surface area contributed by atoms with E-state index in [-0.39, 0.29) is 5.50 Å². The standard InChI is InChI=1S/C5H5O4P/c6-10(7,8)5-3-1-2-4-9-5/h1-4H,(H-,6,7,8)/p+1. The van der Waals surface area contributed by atoms with Gasteiger partial charge < -0.3 is 9.79 Å². The van der Waals surface area contributed by atoms with E-state index < -0.39 is 7.60 Å². The van der Waals surface area contributed by atoms with Crippen LogP contribution in [0.4, 0.5) is 0 Å². The van der Waals surface area contributed by atoms with Gasteiger partial charge in [-0.1, -0.05) is 0 Å². The number of hydrogen-bond acceptors (Lipinski definition) is 1. The molecule has 5 heteroatoms. The number of rotatable bonds is 1. The smallest absolute Gasteiger partial charge is 0.315 e. The normalized spacial score (nSPS) is 11.4. The average molecular weight is 161 g/mol. The van der Waals surface area contributed by atoms with Crippen LogP contribution in [0.25, 0.3) is 0 Å². The van der Waals surface area contributed by atoms with Gasteiger partial charge in [-0.2, -0.15) is 0 Å². The molecule has 1 aromatic heterocycles. The molecule has 0 atom stereocenters. The molecule has 0 radical (unpaired) electrons. The van der Waals surface area contributed by atoms with Crippen molar-refractivity contribution in [3.63, 3.8) is 0 Å². The Balaban J connectivity index is 3.09. The summed E-state index contributed by atoms with van der Waals surface area (Å²) in [6.45, 7) is 0. The lowest BCUT2D eigenvalue weighted by Crippen LogP contribution is -2.01. The van der Waals surface area contributed by atoms with E-state index in [1.54, 1.807) is 6.07 Å². The van der Waals surface area contributed by atoms with Crippen LogP contribution in [-0.2, 0) is 4.57 Å². The summed E-state index contributed by atoms with van der Waals surface area (Å²) < 4.78 is 15.0. The van der Waals surface area contributed by atoms with Gasteiger partial charge in [-0.05, 0) is 6.07 Å². The Morgan fingerprint density at radius 3 is 2.40 bits per heavy atom. The van der Waals surface area contributed by atoms with Crippen molar-refractivity contribution >= 4 is 13.1 Å². The maximum Gasteiger partial charge on any atom is 0.453 e. The largest absolute Gasteiger partial charge is 0.453 e. The summed E-state index contributed by atoms with van der Waals surface area (Å²) in [5, 5.41) is 0. The second-order valence-electron chi connectivity index (χ2n) is 1.69. The van der Waals surface area contributed by atoms with Crippen LogP contribution in [0, 0.1) is 0 Å². The Morgan fingerprint density at radius 2 is 2.10 bits per heavy atom. The molecule has 1 aromatic rings. The molecule has 0 aliphatic carbocycles. The highest BCUT2D eigenvalue weighted by molar-refractivity contribution is 7.59. The van der Waals surface area contributed by atoms with Crippen molar-refractivity contribution in [3.05, 3.63) is 24.5 Å². The lowest BCUT2D eigenvalue weighted by atomic mass is 10.5. The van der Waals surface area contributed by atoms with Gasteiger partial charge in [-0.3, -0.25) is 0 Å². The van der Waals surface area contributed by atoms with Crippen molar-refractivity contribution in [3.8, 4) is 0 Å². The maximum atomic E-state index is 10.4. The summed E-state index contributed by atoms with van der Waals surface area (Å²) in [6.07, 6.45) is 1.22. The highest BCUT2D eigenvalue weighted by atomic mass is 31.2. The molecule has 4 nitrogen and oxygen atoms in total. The molecular weight excluding hydrogens is 155 g/mol. The summed E-state index contributed by atoms with van der Waals surface area (Å²) in [7, 11) is -4.18. The quantitative estimate of drug-likeness (QED) is 0.461. The molecule has 0 aliphatic rings. The number of hydrogen-bond donors (Lipinski definition) is 2. The van der Waals surface area contributed by atoms with Gasteiger partial charge in [0.2, 0.25) is 0 Å². The minimum Gasteiger partial charge on any atom is -0.315 e. The van der Waals surface area contributed by atoms with Crippen molar-refractivity contribution in [2.75, 3.05) is 0 Å². The lowest BCUT2D eigenvalue weighted by Gasteiger charge is -1.89. The fourth-order valence-corrected chi connectivity index (χ4v) is 0.976. The topological polar surface area (TPSA) is 68.8 Å². The third kappa shape index (κ3) is 1.64. The van der Waals surface area contributed by atoms with Crippen molar-refractivity contribution in [2.45, 2.75) is 0 Å². The fraction of sp³-hybridized carbons (Fsp3) is 0. The molecule has 0 aliphatic heterocycles. The molecule has 0 aromatic carbocycles. The van der Waals surface area contributed by atoms with Crippen molar-refractivity contribution < 1.29 is 18.8 Å². The first kappa shape index (κ1) is 7.41. The molecule has 1 heterocycles.